The minimum Gasteiger partial charge on any atom is -0.497 e. The molecule has 3 aromatic heterocycles. The second-order valence-corrected chi connectivity index (χ2v) is 6.45. The zero-order valence-corrected chi connectivity index (χ0v) is 15.2. The number of ether oxygens (including phenoxy) is 1. The van der Waals surface area contributed by atoms with Crippen molar-refractivity contribution in [1.29, 1.82) is 0 Å². The highest BCUT2D eigenvalue weighted by Gasteiger charge is 2.11. The first kappa shape index (κ1) is 16.3. The Bertz CT molecular complexity index is 1310. The molecule has 6 nitrogen and oxygen atoms in total. The molecule has 0 saturated heterocycles. The van der Waals surface area contributed by atoms with Crippen molar-refractivity contribution in [3.8, 4) is 17.3 Å². The van der Waals surface area contributed by atoms with Crippen molar-refractivity contribution in [2.75, 3.05) is 7.11 Å². The maximum atomic E-state index is 5.28. The molecule has 0 radical (unpaired) electrons. The first-order valence-electron chi connectivity index (χ1n) is 8.90. The molecule has 0 spiro atoms. The number of hydrogen-bond acceptors (Lipinski definition) is 4. The molecule has 6 heteroatoms. The number of imidazole rings is 1. The van der Waals surface area contributed by atoms with Crippen molar-refractivity contribution in [3.05, 3.63) is 72.2 Å². The minimum absolute atomic E-state index is 0.733. The lowest BCUT2D eigenvalue weighted by Gasteiger charge is -2.01. The van der Waals surface area contributed by atoms with Gasteiger partial charge in [-0.05, 0) is 17.5 Å². The maximum Gasteiger partial charge on any atom is 0.157 e. The normalized spacial score (nSPS) is 11.6. The number of aromatic nitrogens is 5. The van der Waals surface area contributed by atoms with Crippen molar-refractivity contribution in [2.24, 2.45) is 0 Å². The number of H-pyrrole nitrogens is 2. The molecule has 136 valence electrons. The molecule has 2 aromatic carbocycles. The van der Waals surface area contributed by atoms with Gasteiger partial charge in [0.25, 0.3) is 0 Å². The first-order valence-corrected chi connectivity index (χ1v) is 8.90. The molecule has 0 fully saturated rings. The van der Waals surface area contributed by atoms with Crippen LogP contribution in [0.1, 0.15) is 11.1 Å². The van der Waals surface area contributed by atoms with Gasteiger partial charge in [0.15, 0.2) is 5.82 Å². The van der Waals surface area contributed by atoms with Gasteiger partial charge in [0.2, 0.25) is 0 Å². The number of nitrogens with zero attached hydrogens (tertiary/aromatic N) is 3. The van der Waals surface area contributed by atoms with E-state index in [4.69, 9.17) is 4.74 Å². The van der Waals surface area contributed by atoms with Crippen LogP contribution < -0.4 is 4.74 Å². The van der Waals surface area contributed by atoms with Crippen LogP contribution >= 0.6 is 0 Å². The van der Waals surface area contributed by atoms with Gasteiger partial charge in [-0.2, -0.15) is 5.10 Å². The van der Waals surface area contributed by atoms with Gasteiger partial charge in [-0.15, -0.1) is 0 Å². The molecule has 0 aliphatic rings. The number of methoxy groups -OCH3 is 1. The number of rotatable bonds is 4. The Balaban J connectivity index is 1.53. The second kappa shape index (κ2) is 6.66. The largest absolute Gasteiger partial charge is 0.497 e. The molecule has 5 rings (SSSR count). The Kier molecular flexibility index (Phi) is 3.87. The van der Waals surface area contributed by atoms with Gasteiger partial charge in [-0.25, -0.2) is 4.98 Å². The van der Waals surface area contributed by atoms with E-state index < -0.39 is 0 Å². The molecule has 0 aliphatic heterocycles. The van der Waals surface area contributed by atoms with Crippen LogP contribution in [-0.4, -0.2) is 32.3 Å². The molecule has 0 saturated carbocycles. The summed E-state index contributed by atoms with van der Waals surface area (Å²) in [5.41, 5.74) is 4.62. The fraction of sp³-hybridized carbons (Fsp3) is 0.0455. The van der Waals surface area contributed by atoms with E-state index in [1.807, 2.05) is 48.8 Å². The molecule has 3 heterocycles. The maximum absolute atomic E-state index is 5.28. The lowest BCUT2D eigenvalue weighted by molar-refractivity contribution is 0.415. The van der Waals surface area contributed by atoms with Crippen molar-refractivity contribution in [2.45, 2.75) is 0 Å². The lowest BCUT2D eigenvalue weighted by Crippen LogP contribution is -1.84. The predicted octanol–water partition coefficient (Wildman–Crippen LogP) is 4.68. The summed E-state index contributed by atoms with van der Waals surface area (Å²) in [5.74, 6) is 1.52. The van der Waals surface area contributed by atoms with E-state index in [-0.39, 0.29) is 0 Å². The standard InChI is InChI=1S/C22H17N5O/c1-28-17-8-9-19-20(10-17)26-22(25-19)21-16(13-24-27-21)7-6-15-12-23-11-14-4-2-3-5-18(14)15/h2-13H,1H3,(H,24,27)(H,25,26)/b7-6+. The fourth-order valence-corrected chi connectivity index (χ4v) is 3.30. The van der Waals surface area contributed by atoms with Gasteiger partial charge in [0, 0.05) is 35.0 Å². The minimum atomic E-state index is 0.733. The van der Waals surface area contributed by atoms with E-state index >= 15 is 0 Å². The van der Waals surface area contributed by atoms with Gasteiger partial charge >= 0.3 is 0 Å². The third-order valence-corrected chi connectivity index (χ3v) is 4.74. The number of aromatic amines is 2. The summed E-state index contributed by atoms with van der Waals surface area (Å²) in [6.45, 7) is 0. The third kappa shape index (κ3) is 2.81. The smallest absolute Gasteiger partial charge is 0.157 e. The monoisotopic (exact) mass is 367 g/mol. The summed E-state index contributed by atoms with van der Waals surface area (Å²) in [5, 5.41) is 9.52. The van der Waals surface area contributed by atoms with Crippen molar-refractivity contribution in [1.82, 2.24) is 25.1 Å². The number of benzene rings is 2. The highest BCUT2D eigenvalue weighted by atomic mass is 16.5. The van der Waals surface area contributed by atoms with Crippen LogP contribution in [0.5, 0.6) is 5.75 Å². The van der Waals surface area contributed by atoms with Gasteiger partial charge in [-0.1, -0.05) is 36.4 Å². The van der Waals surface area contributed by atoms with E-state index in [2.05, 4.69) is 43.4 Å². The summed E-state index contributed by atoms with van der Waals surface area (Å²) in [6.07, 6.45) is 9.61. The van der Waals surface area contributed by atoms with E-state index in [1.165, 1.54) is 0 Å². The summed E-state index contributed by atoms with van der Waals surface area (Å²) < 4.78 is 5.28. The molecular weight excluding hydrogens is 350 g/mol. The number of fused-ring (bicyclic) bond motifs is 2. The van der Waals surface area contributed by atoms with Gasteiger partial charge < -0.3 is 9.72 Å². The summed E-state index contributed by atoms with van der Waals surface area (Å²) in [7, 11) is 1.65. The summed E-state index contributed by atoms with van der Waals surface area (Å²) in [4.78, 5) is 12.3. The van der Waals surface area contributed by atoms with Crippen molar-refractivity contribution >= 4 is 34.0 Å². The number of nitrogens with one attached hydrogen (secondary N) is 2. The van der Waals surface area contributed by atoms with E-state index in [9.17, 15) is 0 Å². The Labute approximate surface area is 160 Å². The molecular formula is C22H17N5O. The molecule has 2 N–H and O–H groups in total. The number of pyridine rings is 1. The van der Waals surface area contributed by atoms with Crippen LogP contribution in [0.15, 0.2) is 61.1 Å². The third-order valence-electron chi connectivity index (χ3n) is 4.74. The average Bonchev–Trinajstić information content (AvgIpc) is 3.37. The zero-order valence-electron chi connectivity index (χ0n) is 15.2. The molecule has 0 aliphatic carbocycles. The molecule has 0 bridgehead atoms. The van der Waals surface area contributed by atoms with Crippen LogP contribution in [0.25, 0.3) is 45.5 Å². The SMILES string of the molecule is COc1ccc2nc(-c3[nH]ncc3/C=C/c3cncc4ccccc34)[nH]c2c1. The predicted molar refractivity (Wildman–Crippen MR) is 111 cm³/mol. The van der Waals surface area contributed by atoms with Gasteiger partial charge in [0.1, 0.15) is 11.4 Å². The van der Waals surface area contributed by atoms with Crippen LogP contribution in [0.3, 0.4) is 0 Å². The molecule has 5 aromatic rings. The van der Waals surface area contributed by atoms with E-state index in [0.717, 1.165) is 50.2 Å². The molecule has 0 unspecified atom stereocenters. The molecule has 0 amide bonds. The summed E-state index contributed by atoms with van der Waals surface area (Å²) in [6, 6.07) is 14.0. The molecule has 0 atom stereocenters. The highest BCUT2D eigenvalue weighted by Crippen LogP contribution is 2.26. The average molecular weight is 367 g/mol. The highest BCUT2D eigenvalue weighted by molar-refractivity contribution is 5.92. The van der Waals surface area contributed by atoms with Crippen molar-refractivity contribution in [3.63, 3.8) is 0 Å². The van der Waals surface area contributed by atoms with Crippen LogP contribution in [0.2, 0.25) is 0 Å². The number of hydrogen-bond donors (Lipinski definition) is 2. The van der Waals surface area contributed by atoms with Crippen molar-refractivity contribution < 1.29 is 4.74 Å². The fourth-order valence-electron chi connectivity index (χ4n) is 3.30. The first-order chi connectivity index (χ1) is 13.8. The Hall–Kier alpha value is -3.93. The van der Waals surface area contributed by atoms with Crippen LogP contribution in [0.4, 0.5) is 0 Å². The Morgan fingerprint density at radius 3 is 2.79 bits per heavy atom. The van der Waals surface area contributed by atoms with Gasteiger partial charge in [-0.3, -0.25) is 10.1 Å². The Morgan fingerprint density at radius 1 is 0.964 bits per heavy atom. The van der Waals surface area contributed by atoms with Crippen LogP contribution in [0, 0.1) is 0 Å². The van der Waals surface area contributed by atoms with Crippen LogP contribution in [-0.2, 0) is 0 Å². The topological polar surface area (TPSA) is 79.5 Å². The second-order valence-electron chi connectivity index (χ2n) is 6.45. The van der Waals surface area contributed by atoms with Gasteiger partial charge in [0.05, 0.1) is 24.3 Å². The molecule has 28 heavy (non-hydrogen) atoms. The van der Waals surface area contributed by atoms with E-state index in [1.54, 1.807) is 13.3 Å². The lowest BCUT2D eigenvalue weighted by atomic mass is 10.1. The zero-order chi connectivity index (χ0) is 18.9. The Morgan fingerprint density at radius 2 is 1.86 bits per heavy atom. The van der Waals surface area contributed by atoms with E-state index in [0.29, 0.717) is 0 Å². The summed E-state index contributed by atoms with van der Waals surface area (Å²) >= 11 is 0. The quantitative estimate of drug-likeness (QED) is 0.483.